The Morgan fingerprint density at radius 1 is 1.19 bits per heavy atom. The largest absolute Gasteiger partial charge is 0.330 e. The molecule has 2 amide bonds. The molecule has 0 radical (unpaired) electrons. The number of nitrogens with zero attached hydrogens (tertiary/aromatic N) is 1. The molecular weight excluding hydrogens is 268 g/mol. The Bertz CT molecular complexity index is 657. The summed E-state index contributed by atoms with van der Waals surface area (Å²) >= 11 is 0. The molecule has 0 fully saturated rings. The molecule has 0 saturated heterocycles. The molecule has 6 nitrogen and oxygen atoms in total. The number of amides is 2. The normalized spacial score (nSPS) is 12.1. The van der Waals surface area contributed by atoms with Gasteiger partial charge < -0.3 is 11.5 Å². The maximum absolute atomic E-state index is 12.0. The van der Waals surface area contributed by atoms with Gasteiger partial charge in [0.1, 0.15) is 5.69 Å². The molecule has 0 aliphatic rings. The highest BCUT2D eigenvalue weighted by atomic mass is 16.2. The van der Waals surface area contributed by atoms with Crippen molar-refractivity contribution in [3.05, 3.63) is 42.1 Å². The van der Waals surface area contributed by atoms with Crippen LogP contribution in [0.2, 0.25) is 0 Å². The van der Waals surface area contributed by atoms with E-state index in [0.717, 1.165) is 5.39 Å². The van der Waals surface area contributed by atoms with Crippen molar-refractivity contribution in [1.29, 1.82) is 0 Å². The lowest BCUT2D eigenvalue weighted by Crippen LogP contribution is -2.43. The van der Waals surface area contributed by atoms with Crippen molar-refractivity contribution < 1.29 is 9.59 Å². The van der Waals surface area contributed by atoms with Gasteiger partial charge in [0.25, 0.3) is 5.91 Å². The number of hydrogen-bond donors (Lipinski definition) is 3. The summed E-state index contributed by atoms with van der Waals surface area (Å²) in [5.74, 6) is -1.06. The van der Waals surface area contributed by atoms with Crippen LogP contribution in [0.25, 0.3) is 10.9 Å². The van der Waals surface area contributed by atoms with Crippen molar-refractivity contribution in [3.63, 3.8) is 0 Å². The second-order valence-electron chi connectivity index (χ2n) is 4.74. The van der Waals surface area contributed by atoms with E-state index in [1.807, 2.05) is 18.2 Å². The molecule has 0 aliphatic heterocycles. The Labute approximate surface area is 122 Å². The smallest absolute Gasteiger partial charge is 0.276 e. The maximum atomic E-state index is 12.0. The number of benzene rings is 1. The van der Waals surface area contributed by atoms with Gasteiger partial charge >= 0.3 is 0 Å². The number of nitrogens with one attached hydrogen (secondary N) is 1. The van der Waals surface area contributed by atoms with Gasteiger partial charge in [-0.25, -0.2) is 4.98 Å². The van der Waals surface area contributed by atoms with Gasteiger partial charge in [-0.2, -0.15) is 0 Å². The van der Waals surface area contributed by atoms with Gasteiger partial charge in [0, 0.05) is 5.39 Å². The first kappa shape index (κ1) is 15.1. The van der Waals surface area contributed by atoms with E-state index < -0.39 is 17.9 Å². The Balaban J connectivity index is 2.06. The summed E-state index contributed by atoms with van der Waals surface area (Å²) < 4.78 is 0. The number of pyridine rings is 1. The average Bonchev–Trinajstić information content (AvgIpc) is 2.51. The Morgan fingerprint density at radius 2 is 1.95 bits per heavy atom. The van der Waals surface area contributed by atoms with Gasteiger partial charge in [0.2, 0.25) is 5.91 Å². The molecule has 21 heavy (non-hydrogen) atoms. The molecule has 5 N–H and O–H groups in total. The zero-order chi connectivity index (χ0) is 15.2. The molecule has 6 heteroatoms. The second kappa shape index (κ2) is 6.92. The van der Waals surface area contributed by atoms with Gasteiger partial charge in [-0.1, -0.05) is 24.3 Å². The van der Waals surface area contributed by atoms with Crippen molar-refractivity contribution in [2.24, 2.45) is 11.5 Å². The Hall–Kier alpha value is -2.31. The van der Waals surface area contributed by atoms with Crippen LogP contribution < -0.4 is 16.8 Å². The molecule has 2 aromatic rings. The predicted molar refractivity (Wildman–Crippen MR) is 80.5 cm³/mol. The van der Waals surface area contributed by atoms with Crippen LogP contribution in [-0.4, -0.2) is 29.4 Å². The van der Waals surface area contributed by atoms with Gasteiger partial charge in [0.15, 0.2) is 0 Å². The molecule has 1 aromatic carbocycles. The fourth-order valence-electron chi connectivity index (χ4n) is 1.93. The topological polar surface area (TPSA) is 111 Å². The molecule has 0 saturated carbocycles. The van der Waals surface area contributed by atoms with Crippen LogP contribution in [0, 0.1) is 0 Å². The maximum Gasteiger partial charge on any atom is 0.276 e. The number of rotatable bonds is 5. The highest BCUT2D eigenvalue weighted by Gasteiger charge is 2.17. The second-order valence-corrected chi connectivity index (χ2v) is 4.74. The van der Waals surface area contributed by atoms with Crippen LogP contribution in [0.15, 0.2) is 36.4 Å². The molecule has 1 aromatic heterocycles. The third-order valence-electron chi connectivity index (χ3n) is 3.12. The zero-order valence-electron chi connectivity index (χ0n) is 11.6. The van der Waals surface area contributed by atoms with Gasteiger partial charge in [-0.3, -0.25) is 14.9 Å². The number of imide groups is 1. The third kappa shape index (κ3) is 3.84. The zero-order valence-corrected chi connectivity index (χ0v) is 11.6. The summed E-state index contributed by atoms with van der Waals surface area (Å²) in [7, 11) is 0. The summed E-state index contributed by atoms with van der Waals surface area (Å²) in [6.07, 6.45) is 1.08. The highest BCUT2D eigenvalue weighted by Crippen LogP contribution is 2.11. The SMILES string of the molecule is NCCC[C@@H](N)C(=O)NC(=O)c1ccc2ccccc2n1. The number of aromatic nitrogens is 1. The van der Waals surface area contributed by atoms with Crippen LogP contribution in [-0.2, 0) is 4.79 Å². The molecule has 0 bridgehead atoms. The summed E-state index contributed by atoms with van der Waals surface area (Å²) in [4.78, 5) is 28.0. The van der Waals surface area contributed by atoms with E-state index in [1.165, 1.54) is 0 Å². The Kier molecular flexibility index (Phi) is 4.97. The summed E-state index contributed by atoms with van der Waals surface area (Å²) in [6.45, 7) is 0.459. The first-order chi connectivity index (χ1) is 10.1. The minimum Gasteiger partial charge on any atom is -0.330 e. The van der Waals surface area contributed by atoms with Crippen molar-refractivity contribution in [2.75, 3.05) is 6.54 Å². The van der Waals surface area contributed by atoms with Crippen molar-refractivity contribution in [2.45, 2.75) is 18.9 Å². The summed E-state index contributed by atoms with van der Waals surface area (Å²) in [5.41, 5.74) is 11.9. The van der Waals surface area contributed by atoms with E-state index in [-0.39, 0.29) is 5.69 Å². The quantitative estimate of drug-likeness (QED) is 0.743. The molecule has 1 atom stereocenters. The van der Waals surface area contributed by atoms with Crippen LogP contribution in [0.1, 0.15) is 23.3 Å². The van der Waals surface area contributed by atoms with Gasteiger partial charge in [0.05, 0.1) is 11.6 Å². The molecule has 0 unspecified atom stereocenters. The summed E-state index contributed by atoms with van der Waals surface area (Å²) in [5, 5.41) is 3.19. The van der Waals surface area contributed by atoms with E-state index in [1.54, 1.807) is 18.2 Å². The summed E-state index contributed by atoms with van der Waals surface area (Å²) in [6, 6.07) is 10.1. The Morgan fingerprint density at radius 3 is 2.71 bits per heavy atom. The van der Waals surface area contributed by atoms with E-state index in [2.05, 4.69) is 10.3 Å². The van der Waals surface area contributed by atoms with Crippen LogP contribution in [0.4, 0.5) is 0 Å². The van der Waals surface area contributed by atoms with E-state index in [4.69, 9.17) is 11.5 Å². The molecule has 1 heterocycles. The van der Waals surface area contributed by atoms with Crippen molar-refractivity contribution >= 4 is 22.7 Å². The van der Waals surface area contributed by atoms with Crippen molar-refractivity contribution in [3.8, 4) is 0 Å². The lowest BCUT2D eigenvalue weighted by Gasteiger charge is -2.10. The van der Waals surface area contributed by atoms with Crippen molar-refractivity contribution in [1.82, 2.24) is 10.3 Å². The fraction of sp³-hybridized carbons (Fsp3) is 0.267. The lowest BCUT2D eigenvalue weighted by atomic mass is 10.1. The van der Waals surface area contributed by atoms with E-state index in [9.17, 15) is 9.59 Å². The third-order valence-corrected chi connectivity index (χ3v) is 3.12. The van der Waals surface area contributed by atoms with Crippen LogP contribution in [0.5, 0.6) is 0 Å². The minimum atomic E-state index is -0.738. The number of fused-ring (bicyclic) bond motifs is 1. The monoisotopic (exact) mass is 286 g/mol. The average molecular weight is 286 g/mol. The molecule has 2 rings (SSSR count). The van der Waals surface area contributed by atoms with Gasteiger partial charge in [-0.05, 0) is 31.5 Å². The fourth-order valence-corrected chi connectivity index (χ4v) is 1.93. The molecule has 0 spiro atoms. The standard InChI is InChI=1S/C15H18N4O2/c16-9-3-5-11(17)14(20)19-15(21)13-8-7-10-4-1-2-6-12(10)18-13/h1-2,4,6-8,11H,3,5,9,16-17H2,(H,19,20,21)/t11-/m1/s1. The van der Waals surface area contributed by atoms with Gasteiger partial charge in [-0.15, -0.1) is 0 Å². The molecule has 110 valence electrons. The van der Waals surface area contributed by atoms with Crippen LogP contribution >= 0.6 is 0 Å². The van der Waals surface area contributed by atoms with E-state index in [0.29, 0.717) is 24.9 Å². The number of hydrogen-bond acceptors (Lipinski definition) is 5. The highest BCUT2D eigenvalue weighted by molar-refractivity contribution is 6.05. The predicted octanol–water partition coefficient (Wildman–Crippen LogP) is 0.557. The number of carbonyl (C=O) groups is 2. The molecule has 0 aliphatic carbocycles. The first-order valence-electron chi connectivity index (χ1n) is 6.78. The minimum absolute atomic E-state index is 0.188. The van der Waals surface area contributed by atoms with Crippen LogP contribution in [0.3, 0.4) is 0 Å². The first-order valence-corrected chi connectivity index (χ1v) is 6.78. The van der Waals surface area contributed by atoms with E-state index >= 15 is 0 Å². The number of carbonyl (C=O) groups excluding carboxylic acids is 2. The number of para-hydroxylation sites is 1. The molecular formula is C15H18N4O2. The number of nitrogens with two attached hydrogens (primary N) is 2. The lowest BCUT2D eigenvalue weighted by molar-refractivity contribution is -0.121.